The molecule has 0 fully saturated rings. The second-order valence-corrected chi connectivity index (χ2v) is 7.88. The van der Waals surface area contributed by atoms with E-state index in [0.717, 1.165) is 21.7 Å². The van der Waals surface area contributed by atoms with Gasteiger partial charge in [-0.05, 0) is 44.0 Å². The zero-order valence-corrected chi connectivity index (χ0v) is 17.0. The second kappa shape index (κ2) is 8.05. The number of imidazole rings is 1. The van der Waals surface area contributed by atoms with Gasteiger partial charge < -0.3 is 0 Å². The highest BCUT2D eigenvalue weighted by atomic mass is 32.2. The van der Waals surface area contributed by atoms with Crippen LogP contribution in [0.1, 0.15) is 30.7 Å². The van der Waals surface area contributed by atoms with E-state index in [2.05, 4.69) is 46.6 Å². The van der Waals surface area contributed by atoms with Crippen LogP contribution in [-0.2, 0) is 10.5 Å². The lowest BCUT2D eigenvalue weighted by Gasteiger charge is -2.14. The van der Waals surface area contributed by atoms with Gasteiger partial charge in [0.2, 0.25) is 5.91 Å². The Labute approximate surface area is 162 Å². The van der Waals surface area contributed by atoms with Crippen molar-refractivity contribution in [2.45, 2.75) is 38.6 Å². The van der Waals surface area contributed by atoms with Crippen molar-refractivity contribution in [2.24, 2.45) is 0 Å². The molecule has 0 saturated carbocycles. The summed E-state index contributed by atoms with van der Waals surface area (Å²) in [5.74, 6) is 0.736. The van der Waals surface area contributed by atoms with E-state index in [1.807, 2.05) is 24.7 Å². The van der Waals surface area contributed by atoms with Crippen LogP contribution in [0.5, 0.6) is 0 Å². The van der Waals surface area contributed by atoms with E-state index in [1.54, 1.807) is 23.6 Å². The Bertz CT molecular complexity index is 896. The molecule has 136 valence electrons. The van der Waals surface area contributed by atoms with Crippen molar-refractivity contribution in [2.75, 3.05) is 11.4 Å². The van der Waals surface area contributed by atoms with Gasteiger partial charge in [0.05, 0.1) is 5.69 Å². The quantitative estimate of drug-likeness (QED) is 0.581. The summed E-state index contributed by atoms with van der Waals surface area (Å²) in [5, 5.41) is 3.70. The normalized spacial score (nSPS) is 10.9. The number of amides is 1. The predicted molar refractivity (Wildman–Crippen MR) is 108 cm³/mol. The fourth-order valence-corrected chi connectivity index (χ4v) is 4.70. The maximum absolute atomic E-state index is 11.7. The van der Waals surface area contributed by atoms with Crippen LogP contribution in [0.25, 0.3) is 5.69 Å². The summed E-state index contributed by atoms with van der Waals surface area (Å²) in [6.07, 6.45) is 3.80. The number of hydrogen-bond acceptors (Lipinski definition) is 5. The molecular weight excluding hydrogens is 364 g/mol. The maximum Gasteiger partial charge on any atom is 0.225 e. The van der Waals surface area contributed by atoms with Crippen LogP contribution >= 0.6 is 23.1 Å². The number of nitrogens with zero attached hydrogens (tertiary/aromatic N) is 4. The molecule has 0 saturated heterocycles. The monoisotopic (exact) mass is 386 g/mol. The molecule has 1 aromatic carbocycles. The standard InChI is InChI=1S/C19H22N4OS2/c1-5-22(15(4)24)19-21-16(12-26-19)11-25-18-20-6-7-23(18)17-9-13(2)8-14(3)10-17/h6-10,12H,5,11H2,1-4H3. The third kappa shape index (κ3) is 4.16. The fourth-order valence-electron chi connectivity index (χ4n) is 2.80. The van der Waals surface area contributed by atoms with Crippen LogP contribution in [0, 0.1) is 13.8 Å². The van der Waals surface area contributed by atoms with E-state index >= 15 is 0 Å². The molecule has 0 N–H and O–H groups in total. The van der Waals surface area contributed by atoms with Gasteiger partial charge in [-0.15, -0.1) is 11.3 Å². The van der Waals surface area contributed by atoms with Crippen LogP contribution in [0.2, 0.25) is 0 Å². The van der Waals surface area contributed by atoms with Gasteiger partial charge in [0.15, 0.2) is 10.3 Å². The lowest BCUT2D eigenvalue weighted by Crippen LogP contribution is -2.27. The highest BCUT2D eigenvalue weighted by Crippen LogP contribution is 2.28. The zero-order chi connectivity index (χ0) is 18.7. The molecule has 2 aromatic heterocycles. The molecule has 0 spiro atoms. The van der Waals surface area contributed by atoms with Crippen molar-refractivity contribution in [3.63, 3.8) is 0 Å². The van der Waals surface area contributed by atoms with Gasteiger partial charge in [-0.25, -0.2) is 9.97 Å². The number of thiazole rings is 1. The van der Waals surface area contributed by atoms with Gasteiger partial charge in [-0.1, -0.05) is 17.8 Å². The molecule has 0 aliphatic heterocycles. The Morgan fingerprint density at radius 2 is 2.00 bits per heavy atom. The average Bonchev–Trinajstić information content (AvgIpc) is 3.21. The Kier molecular flexibility index (Phi) is 5.78. The van der Waals surface area contributed by atoms with Gasteiger partial charge in [0, 0.05) is 42.7 Å². The van der Waals surface area contributed by atoms with E-state index in [-0.39, 0.29) is 5.91 Å². The largest absolute Gasteiger partial charge is 0.295 e. The number of rotatable bonds is 6. The van der Waals surface area contributed by atoms with Crippen molar-refractivity contribution in [3.8, 4) is 5.69 Å². The fraction of sp³-hybridized carbons (Fsp3) is 0.316. The van der Waals surface area contributed by atoms with Gasteiger partial charge >= 0.3 is 0 Å². The topological polar surface area (TPSA) is 51.0 Å². The molecule has 1 amide bonds. The molecule has 0 aliphatic rings. The van der Waals surface area contributed by atoms with Gasteiger partial charge in [0.1, 0.15) is 0 Å². The SMILES string of the molecule is CCN(C(C)=O)c1nc(CSc2nccn2-c2cc(C)cc(C)c2)cs1. The molecule has 7 heteroatoms. The molecule has 2 heterocycles. The van der Waals surface area contributed by atoms with Crippen molar-refractivity contribution in [1.29, 1.82) is 0 Å². The number of carbonyl (C=O) groups is 1. The first kappa shape index (κ1) is 18.7. The van der Waals surface area contributed by atoms with E-state index in [1.165, 1.54) is 22.5 Å². The molecule has 0 radical (unpaired) electrons. The summed E-state index contributed by atoms with van der Waals surface area (Å²) in [7, 11) is 0. The molecule has 0 bridgehead atoms. The molecule has 0 aliphatic carbocycles. The minimum absolute atomic E-state index is 0.0198. The summed E-state index contributed by atoms with van der Waals surface area (Å²) in [4.78, 5) is 22.4. The maximum atomic E-state index is 11.7. The summed E-state index contributed by atoms with van der Waals surface area (Å²) < 4.78 is 2.10. The first-order valence-electron chi connectivity index (χ1n) is 8.45. The summed E-state index contributed by atoms with van der Waals surface area (Å²) in [6.45, 7) is 8.36. The highest BCUT2D eigenvalue weighted by molar-refractivity contribution is 7.98. The molecule has 3 rings (SSSR count). The summed E-state index contributed by atoms with van der Waals surface area (Å²) in [6, 6.07) is 6.48. The molecule has 3 aromatic rings. The third-order valence-electron chi connectivity index (χ3n) is 3.91. The van der Waals surface area contributed by atoms with Crippen LogP contribution in [-0.4, -0.2) is 27.0 Å². The first-order valence-corrected chi connectivity index (χ1v) is 10.3. The number of aromatic nitrogens is 3. The molecular formula is C19H22N4OS2. The summed E-state index contributed by atoms with van der Waals surface area (Å²) >= 11 is 3.15. The van der Waals surface area contributed by atoms with Crippen LogP contribution < -0.4 is 4.90 Å². The van der Waals surface area contributed by atoms with Crippen LogP contribution in [0.15, 0.2) is 41.1 Å². The lowest BCUT2D eigenvalue weighted by molar-refractivity contribution is -0.116. The van der Waals surface area contributed by atoms with Crippen molar-refractivity contribution in [3.05, 3.63) is 52.8 Å². The van der Waals surface area contributed by atoms with E-state index < -0.39 is 0 Å². The summed E-state index contributed by atoms with van der Waals surface area (Å²) in [5.41, 5.74) is 4.55. The number of benzene rings is 1. The number of anilines is 1. The third-order valence-corrected chi connectivity index (χ3v) is 5.82. The second-order valence-electron chi connectivity index (χ2n) is 6.10. The van der Waals surface area contributed by atoms with Crippen molar-refractivity contribution >= 4 is 34.1 Å². The molecule has 26 heavy (non-hydrogen) atoms. The Hall–Kier alpha value is -2.12. The van der Waals surface area contributed by atoms with E-state index in [4.69, 9.17) is 0 Å². The highest BCUT2D eigenvalue weighted by Gasteiger charge is 2.14. The Morgan fingerprint density at radius 3 is 2.65 bits per heavy atom. The smallest absolute Gasteiger partial charge is 0.225 e. The van der Waals surface area contributed by atoms with Crippen molar-refractivity contribution in [1.82, 2.24) is 14.5 Å². The van der Waals surface area contributed by atoms with E-state index in [9.17, 15) is 4.79 Å². The number of thioether (sulfide) groups is 1. The van der Waals surface area contributed by atoms with Crippen LogP contribution in [0.4, 0.5) is 5.13 Å². The van der Waals surface area contributed by atoms with Gasteiger partial charge in [-0.2, -0.15) is 0 Å². The Morgan fingerprint density at radius 1 is 1.27 bits per heavy atom. The van der Waals surface area contributed by atoms with E-state index in [0.29, 0.717) is 12.3 Å². The average molecular weight is 387 g/mol. The minimum atomic E-state index is 0.0198. The molecule has 0 atom stereocenters. The first-order chi connectivity index (χ1) is 12.5. The minimum Gasteiger partial charge on any atom is -0.295 e. The number of hydrogen-bond donors (Lipinski definition) is 0. The van der Waals surface area contributed by atoms with Gasteiger partial charge in [0.25, 0.3) is 0 Å². The number of carbonyl (C=O) groups excluding carboxylic acids is 1. The van der Waals surface area contributed by atoms with Crippen molar-refractivity contribution < 1.29 is 4.79 Å². The number of aryl methyl sites for hydroxylation is 2. The predicted octanol–water partition coefficient (Wildman–Crippen LogP) is 4.61. The Balaban J connectivity index is 1.75. The van der Waals surface area contributed by atoms with Gasteiger partial charge in [-0.3, -0.25) is 14.3 Å². The molecule has 5 nitrogen and oxygen atoms in total. The zero-order valence-electron chi connectivity index (χ0n) is 15.4. The van der Waals surface area contributed by atoms with Crippen LogP contribution in [0.3, 0.4) is 0 Å². The molecule has 0 unspecified atom stereocenters. The lowest BCUT2D eigenvalue weighted by atomic mass is 10.1.